The van der Waals surface area contributed by atoms with Crippen LogP contribution in [0.1, 0.15) is 10.4 Å². The van der Waals surface area contributed by atoms with Crippen molar-refractivity contribution in [2.24, 2.45) is 0 Å². The molecule has 0 fully saturated rings. The predicted molar refractivity (Wildman–Crippen MR) is 72.4 cm³/mol. The molecular formula is C14H10ClF2NO2. The monoisotopic (exact) mass is 297 g/mol. The van der Waals surface area contributed by atoms with Gasteiger partial charge >= 0.3 is 5.97 Å². The Labute approximate surface area is 119 Å². The number of hydrogen-bond donors (Lipinski definition) is 1. The Bertz CT molecular complexity index is 662. The van der Waals surface area contributed by atoms with Gasteiger partial charge in [0.2, 0.25) is 0 Å². The molecule has 2 rings (SSSR count). The molecule has 0 aliphatic carbocycles. The molecular weight excluding hydrogens is 288 g/mol. The van der Waals surface area contributed by atoms with Crippen LogP contribution in [0.2, 0.25) is 5.02 Å². The smallest absolute Gasteiger partial charge is 0.339 e. The van der Waals surface area contributed by atoms with E-state index in [1.165, 1.54) is 25.3 Å². The van der Waals surface area contributed by atoms with Gasteiger partial charge < -0.3 is 10.1 Å². The molecule has 0 saturated carbocycles. The highest BCUT2D eigenvalue weighted by molar-refractivity contribution is 6.33. The Hall–Kier alpha value is -2.14. The zero-order valence-corrected chi connectivity index (χ0v) is 11.2. The fourth-order valence-corrected chi connectivity index (χ4v) is 1.81. The minimum atomic E-state index is -0.737. The third-order valence-electron chi connectivity index (χ3n) is 2.58. The fourth-order valence-electron chi connectivity index (χ4n) is 1.62. The third-order valence-corrected chi connectivity index (χ3v) is 2.91. The summed E-state index contributed by atoms with van der Waals surface area (Å²) in [4.78, 5) is 11.5. The summed E-state index contributed by atoms with van der Waals surface area (Å²) >= 11 is 5.87. The number of esters is 1. The Kier molecular flexibility index (Phi) is 4.20. The van der Waals surface area contributed by atoms with Crippen molar-refractivity contribution in [3.63, 3.8) is 0 Å². The summed E-state index contributed by atoms with van der Waals surface area (Å²) in [5.74, 6) is -2.00. The van der Waals surface area contributed by atoms with Crippen molar-refractivity contribution < 1.29 is 18.3 Å². The molecule has 0 bridgehead atoms. The largest absolute Gasteiger partial charge is 0.465 e. The molecule has 0 unspecified atom stereocenters. The van der Waals surface area contributed by atoms with Crippen LogP contribution in [0.25, 0.3) is 0 Å². The van der Waals surface area contributed by atoms with Gasteiger partial charge in [0.25, 0.3) is 0 Å². The van der Waals surface area contributed by atoms with Gasteiger partial charge in [-0.1, -0.05) is 11.6 Å². The molecule has 0 heterocycles. The number of carbonyl (C=O) groups excluding carboxylic acids is 1. The Morgan fingerprint density at radius 1 is 1.20 bits per heavy atom. The van der Waals surface area contributed by atoms with Gasteiger partial charge in [-0.3, -0.25) is 0 Å². The van der Waals surface area contributed by atoms with Crippen molar-refractivity contribution >= 4 is 28.9 Å². The number of ether oxygens (including phenoxy) is 1. The van der Waals surface area contributed by atoms with Crippen LogP contribution in [-0.2, 0) is 4.74 Å². The molecule has 6 heteroatoms. The Morgan fingerprint density at radius 2 is 1.95 bits per heavy atom. The lowest BCUT2D eigenvalue weighted by Gasteiger charge is -2.10. The van der Waals surface area contributed by atoms with Crippen LogP contribution in [0, 0.1) is 11.6 Å². The number of benzene rings is 2. The van der Waals surface area contributed by atoms with E-state index in [9.17, 15) is 13.6 Å². The molecule has 0 saturated heterocycles. The second kappa shape index (κ2) is 5.88. The van der Waals surface area contributed by atoms with Crippen LogP contribution >= 0.6 is 11.6 Å². The first-order valence-corrected chi connectivity index (χ1v) is 5.99. The fraction of sp³-hybridized carbons (Fsp3) is 0.0714. The maximum absolute atomic E-state index is 13.5. The highest BCUT2D eigenvalue weighted by atomic mass is 35.5. The van der Waals surface area contributed by atoms with Crippen molar-refractivity contribution in [3.8, 4) is 0 Å². The van der Waals surface area contributed by atoms with Gasteiger partial charge in [0.05, 0.1) is 23.4 Å². The van der Waals surface area contributed by atoms with Gasteiger partial charge in [0.15, 0.2) is 0 Å². The van der Waals surface area contributed by atoms with Gasteiger partial charge in [-0.05, 0) is 30.3 Å². The molecule has 0 aliphatic rings. The lowest BCUT2D eigenvalue weighted by atomic mass is 10.2. The number of anilines is 2. The topological polar surface area (TPSA) is 38.3 Å². The van der Waals surface area contributed by atoms with Crippen molar-refractivity contribution in [2.75, 3.05) is 12.4 Å². The maximum Gasteiger partial charge on any atom is 0.339 e. The number of methoxy groups -OCH3 is 1. The summed E-state index contributed by atoms with van der Waals surface area (Å²) in [5.41, 5.74) is 0.673. The molecule has 0 aromatic heterocycles. The highest BCUT2D eigenvalue weighted by Crippen LogP contribution is 2.25. The summed E-state index contributed by atoms with van der Waals surface area (Å²) in [5, 5.41) is 2.96. The van der Waals surface area contributed by atoms with E-state index >= 15 is 0 Å². The zero-order chi connectivity index (χ0) is 14.7. The summed E-state index contributed by atoms with van der Waals surface area (Å²) in [6, 6.07) is 7.63. The van der Waals surface area contributed by atoms with Crippen LogP contribution in [0.3, 0.4) is 0 Å². The molecule has 0 amide bonds. The SMILES string of the molecule is COC(=O)c1cc(Nc2ccc(F)cc2F)ccc1Cl. The van der Waals surface area contributed by atoms with E-state index in [2.05, 4.69) is 10.1 Å². The van der Waals surface area contributed by atoms with E-state index in [4.69, 9.17) is 11.6 Å². The average molecular weight is 298 g/mol. The molecule has 0 spiro atoms. The van der Waals surface area contributed by atoms with E-state index in [0.29, 0.717) is 5.69 Å². The van der Waals surface area contributed by atoms with Gasteiger partial charge in [-0.25, -0.2) is 13.6 Å². The molecule has 2 aromatic carbocycles. The number of carbonyl (C=O) groups is 1. The molecule has 0 radical (unpaired) electrons. The number of rotatable bonds is 3. The van der Waals surface area contributed by atoms with E-state index < -0.39 is 17.6 Å². The maximum atomic E-state index is 13.5. The standard InChI is InChI=1S/C14H10ClF2NO2/c1-20-14(19)10-7-9(3-4-11(10)15)18-13-5-2-8(16)6-12(13)17/h2-7,18H,1H3. The molecule has 2 aromatic rings. The van der Waals surface area contributed by atoms with Gasteiger partial charge in [-0.15, -0.1) is 0 Å². The van der Waals surface area contributed by atoms with E-state index in [1.54, 1.807) is 6.07 Å². The zero-order valence-electron chi connectivity index (χ0n) is 10.4. The molecule has 104 valence electrons. The first kappa shape index (κ1) is 14.3. The number of halogens is 3. The van der Waals surface area contributed by atoms with Gasteiger partial charge in [0, 0.05) is 11.8 Å². The summed E-state index contributed by atoms with van der Waals surface area (Å²) in [6.45, 7) is 0. The molecule has 0 atom stereocenters. The number of nitrogens with one attached hydrogen (secondary N) is 1. The Morgan fingerprint density at radius 3 is 2.60 bits per heavy atom. The van der Waals surface area contributed by atoms with E-state index in [-0.39, 0.29) is 16.3 Å². The van der Waals surface area contributed by atoms with Crippen LogP contribution in [0.5, 0.6) is 0 Å². The second-order valence-corrected chi connectivity index (χ2v) is 4.34. The van der Waals surface area contributed by atoms with Crippen molar-refractivity contribution in [2.45, 2.75) is 0 Å². The first-order valence-electron chi connectivity index (χ1n) is 5.61. The minimum absolute atomic E-state index is 0.0875. The molecule has 1 N–H and O–H groups in total. The van der Waals surface area contributed by atoms with Crippen molar-refractivity contribution in [3.05, 3.63) is 58.6 Å². The normalized spacial score (nSPS) is 10.2. The van der Waals surface area contributed by atoms with Crippen LogP contribution in [-0.4, -0.2) is 13.1 Å². The highest BCUT2D eigenvalue weighted by Gasteiger charge is 2.12. The van der Waals surface area contributed by atoms with Crippen LogP contribution in [0.4, 0.5) is 20.2 Å². The van der Waals surface area contributed by atoms with Crippen molar-refractivity contribution in [1.82, 2.24) is 0 Å². The average Bonchev–Trinajstić information content (AvgIpc) is 2.43. The predicted octanol–water partition coefficient (Wildman–Crippen LogP) is 4.15. The summed E-state index contributed by atoms with van der Waals surface area (Å²) in [6.07, 6.45) is 0. The van der Waals surface area contributed by atoms with E-state index in [1.807, 2.05) is 0 Å². The lowest BCUT2D eigenvalue weighted by molar-refractivity contribution is 0.0601. The Balaban J connectivity index is 2.32. The molecule has 3 nitrogen and oxygen atoms in total. The summed E-state index contributed by atoms with van der Waals surface area (Å²) in [7, 11) is 1.23. The molecule has 0 aliphatic heterocycles. The third kappa shape index (κ3) is 3.05. The first-order chi connectivity index (χ1) is 9.51. The van der Waals surface area contributed by atoms with Gasteiger partial charge in [-0.2, -0.15) is 0 Å². The molecule has 20 heavy (non-hydrogen) atoms. The van der Waals surface area contributed by atoms with Crippen molar-refractivity contribution in [1.29, 1.82) is 0 Å². The summed E-state index contributed by atoms with van der Waals surface area (Å²) < 4.78 is 30.9. The van der Waals surface area contributed by atoms with Crippen LogP contribution in [0.15, 0.2) is 36.4 Å². The lowest BCUT2D eigenvalue weighted by Crippen LogP contribution is -2.03. The van der Waals surface area contributed by atoms with Gasteiger partial charge in [0.1, 0.15) is 11.6 Å². The second-order valence-electron chi connectivity index (χ2n) is 3.94. The number of hydrogen-bond acceptors (Lipinski definition) is 3. The van der Waals surface area contributed by atoms with E-state index in [0.717, 1.165) is 12.1 Å². The quantitative estimate of drug-likeness (QED) is 0.865. The van der Waals surface area contributed by atoms with Crippen LogP contribution < -0.4 is 5.32 Å². The minimum Gasteiger partial charge on any atom is -0.465 e.